The molecule has 1 amide bonds. The lowest BCUT2D eigenvalue weighted by atomic mass is 10.2. The molecule has 0 aromatic heterocycles. The summed E-state index contributed by atoms with van der Waals surface area (Å²) in [5.74, 6) is 0.467. The van der Waals surface area contributed by atoms with Crippen molar-refractivity contribution in [1.82, 2.24) is 5.32 Å². The summed E-state index contributed by atoms with van der Waals surface area (Å²) in [6.07, 6.45) is 3.75. The number of carbonyl (C=O) groups is 2. The first-order valence-corrected chi connectivity index (χ1v) is 11.8. The standard InChI is InChI=1S/C15H16O2.C9H13NO3S.C2H5N/c1-12-7-6-10-14(16-2)15(12)17-11-13-8-4-3-5-9-13;1-2-3-4-7-10-9(13)6(14-7)5-8(11)12;1-3-2/h3-10H,11H2,1-2H3;4,6H,2-3,5H2,1H3,(H,10,13)(H,11,12);1H2,2H3/b;7-4-;. The lowest BCUT2D eigenvalue weighted by molar-refractivity contribution is -0.138. The number of unbranched alkanes of at least 4 members (excludes halogenated alkanes) is 1. The fraction of sp³-hybridized carbons (Fsp3) is 0.346. The van der Waals surface area contributed by atoms with Crippen molar-refractivity contribution in [1.29, 1.82) is 0 Å². The summed E-state index contributed by atoms with van der Waals surface area (Å²) in [7, 11) is 3.30. The number of rotatable bonds is 8. The number of carbonyl (C=O) groups excluding carboxylic acids is 1. The van der Waals surface area contributed by atoms with E-state index in [1.165, 1.54) is 11.8 Å². The van der Waals surface area contributed by atoms with E-state index in [4.69, 9.17) is 14.6 Å². The van der Waals surface area contributed by atoms with Crippen LogP contribution in [0, 0.1) is 6.92 Å². The highest BCUT2D eigenvalue weighted by Gasteiger charge is 2.30. The molecule has 1 atom stereocenters. The molecular weight excluding hydrogens is 452 g/mol. The second-order valence-corrected chi connectivity index (χ2v) is 8.49. The number of aliphatic imine (C=N–C) groups is 1. The van der Waals surface area contributed by atoms with Gasteiger partial charge in [-0.1, -0.05) is 73.6 Å². The summed E-state index contributed by atoms with van der Waals surface area (Å²) in [6.45, 7) is 7.73. The van der Waals surface area contributed by atoms with Crippen molar-refractivity contribution in [3.05, 3.63) is 70.8 Å². The van der Waals surface area contributed by atoms with E-state index in [1.807, 2.05) is 68.5 Å². The predicted molar refractivity (Wildman–Crippen MR) is 139 cm³/mol. The van der Waals surface area contributed by atoms with Crippen molar-refractivity contribution in [2.75, 3.05) is 14.2 Å². The minimum absolute atomic E-state index is 0.111. The monoisotopic (exact) mass is 486 g/mol. The van der Waals surface area contributed by atoms with Crippen LogP contribution < -0.4 is 14.8 Å². The van der Waals surface area contributed by atoms with Crippen molar-refractivity contribution in [3.8, 4) is 11.5 Å². The molecule has 1 unspecified atom stereocenters. The van der Waals surface area contributed by atoms with Gasteiger partial charge in [0.05, 0.1) is 18.6 Å². The number of para-hydroxylation sites is 1. The largest absolute Gasteiger partial charge is 0.493 e. The van der Waals surface area contributed by atoms with E-state index in [0.29, 0.717) is 6.61 Å². The number of amides is 1. The molecule has 184 valence electrons. The molecule has 3 rings (SSSR count). The van der Waals surface area contributed by atoms with Gasteiger partial charge in [0.2, 0.25) is 5.91 Å². The average molecular weight is 487 g/mol. The summed E-state index contributed by atoms with van der Waals surface area (Å²) in [4.78, 5) is 24.9. The van der Waals surface area contributed by atoms with Crippen molar-refractivity contribution in [3.63, 3.8) is 0 Å². The Kier molecular flexibility index (Phi) is 13.9. The number of hydrogen-bond donors (Lipinski definition) is 2. The maximum atomic E-state index is 11.2. The van der Waals surface area contributed by atoms with E-state index in [-0.39, 0.29) is 12.3 Å². The van der Waals surface area contributed by atoms with Crippen molar-refractivity contribution >= 4 is 30.4 Å². The van der Waals surface area contributed by atoms with Gasteiger partial charge in [0.1, 0.15) is 11.9 Å². The Bertz CT molecular complexity index is 947. The first-order chi connectivity index (χ1) is 16.4. The van der Waals surface area contributed by atoms with Gasteiger partial charge in [-0.05, 0) is 37.3 Å². The quantitative estimate of drug-likeness (QED) is 0.496. The Labute approximate surface area is 206 Å². The van der Waals surface area contributed by atoms with Gasteiger partial charge in [-0.3, -0.25) is 9.59 Å². The Morgan fingerprint density at radius 1 is 1.24 bits per heavy atom. The number of methoxy groups -OCH3 is 1. The van der Waals surface area contributed by atoms with E-state index in [0.717, 1.165) is 40.5 Å². The third kappa shape index (κ3) is 10.6. The van der Waals surface area contributed by atoms with Gasteiger partial charge in [-0.15, -0.1) is 0 Å². The molecule has 8 heteroatoms. The molecule has 7 nitrogen and oxygen atoms in total. The Hall–Kier alpha value is -3.26. The van der Waals surface area contributed by atoms with E-state index in [2.05, 4.69) is 17.0 Å². The zero-order valence-electron chi connectivity index (χ0n) is 20.2. The number of hydrogen-bond acceptors (Lipinski definition) is 6. The maximum Gasteiger partial charge on any atom is 0.305 e. The first kappa shape index (κ1) is 28.8. The Balaban J connectivity index is 0.000000310. The van der Waals surface area contributed by atoms with E-state index in [1.54, 1.807) is 14.2 Å². The van der Waals surface area contributed by atoms with Gasteiger partial charge in [0.25, 0.3) is 0 Å². The zero-order valence-corrected chi connectivity index (χ0v) is 21.1. The van der Waals surface area contributed by atoms with Crippen LogP contribution >= 0.6 is 11.8 Å². The van der Waals surface area contributed by atoms with Crippen LogP contribution in [0.4, 0.5) is 0 Å². The highest BCUT2D eigenvalue weighted by Crippen LogP contribution is 2.31. The molecule has 0 saturated carbocycles. The molecule has 1 heterocycles. The van der Waals surface area contributed by atoms with Crippen LogP contribution in [0.2, 0.25) is 0 Å². The smallest absolute Gasteiger partial charge is 0.305 e. The number of aryl methyl sites for hydroxylation is 1. The fourth-order valence-electron chi connectivity index (χ4n) is 2.81. The molecule has 0 radical (unpaired) electrons. The molecule has 0 bridgehead atoms. The summed E-state index contributed by atoms with van der Waals surface area (Å²) in [5.41, 5.74) is 2.23. The predicted octanol–water partition coefficient (Wildman–Crippen LogP) is 5.23. The topological polar surface area (TPSA) is 97.2 Å². The van der Waals surface area contributed by atoms with Crippen molar-refractivity contribution < 1.29 is 24.2 Å². The van der Waals surface area contributed by atoms with Crippen LogP contribution in [-0.2, 0) is 16.2 Å². The number of aliphatic carboxylic acids is 1. The minimum atomic E-state index is -0.936. The molecule has 1 fully saturated rings. The van der Waals surface area contributed by atoms with Gasteiger partial charge in [-0.25, -0.2) is 0 Å². The average Bonchev–Trinajstić information content (AvgIpc) is 3.16. The Morgan fingerprint density at radius 2 is 1.91 bits per heavy atom. The maximum absolute atomic E-state index is 11.2. The summed E-state index contributed by atoms with van der Waals surface area (Å²) >= 11 is 1.31. The summed E-state index contributed by atoms with van der Waals surface area (Å²) < 4.78 is 11.1. The zero-order chi connectivity index (χ0) is 25.3. The van der Waals surface area contributed by atoms with Gasteiger partial charge >= 0.3 is 5.97 Å². The van der Waals surface area contributed by atoms with Crippen molar-refractivity contribution in [2.24, 2.45) is 4.99 Å². The van der Waals surface area contributed by atoms with Gasteiger partial charge < -0.3 is 24.9 Å². The number of nitrogens with zero attached hydrogens (tertiary/aromatic N) is 1. The number of carboxylic acid groups (broad SMARTS) is 1. The fourth-order valence-corrected chi connectivity index (χ4v) is 3.88. The lowest BCUT2D eigenvalue weighted by Gasteiger charge is -2.12. The van der Waals surface area contributed by atoms with E-state index in [9.17, 15) is 9.59 Å². The molecular formula is C26H34N2O5S. The minimum Gasteiger partial charge on any atom is -0.493 e. The van der Waals surface area contributed by atoms with Crippen LogP contribution in [0.3, 0.4) is 0 Å². The first-order valence-electron chi connectivity index (χ1n) is 10.9. The highest BCUT2D eigenvalue weighted by atomic mass is 32.2. The van der Waals surface area contributed by atoms with Crippen LogP contribution in [0.25, 0.3) is 0 Å². The van der Waals surface area contributed by atoms with Crippen LogP contribution in [0.1, 0.15) is 37.3 Å². The van der Waals surface area contributed by atoms with E-state index < -0.39 is 11.2 Å². The van der Waals surface area contributed by atoms with Gasteiger partial charge in [0, 0.05) is 7.05 Å². The molecule has 0 spiro atoms. The number of ether oxygens (including phenoxy) is 2. The molecule has 0 aliphatic carbocycles. The number of thioether (sulfide) groups is 1. The van der Waals surface area contributed by atoms with Crippen LogP contribution in [0.15, 0.2) is 64.6 Å². The number of benzene rings is 2. The SMILES string of the molecule is C=NC.CCC/C=C1/NC(=O)C(CC(=O)O)S1.COc1cccc(C)c1OCc1ccccc1. The number of allylic oxidation sites excluding steroid dienone is 1. The van der Waals surface area contributed by atoms with Crippen molar-refractivity contribution in [2.45, 2.75) is 45.0 Å². The van der Waals surface area contributed by atoms with Gasteiger partial charge in [-0.2, -0.15) is 0 Å². The normalized spacial score (nSPS) is 15.2. The molecule has 2 N–H and O–H groups in total. The molecule has 2 aromatic rings. The number of carboxylic acids is 1. The summed E-state index contributed by atoms with van der Waals surface area (Å²) in [6, 6.07) is 16.0. The molecule has 1 aliphatic rings. The molecule has 1 saturated heterocycles. The van der Waals surface area contributed by atoms with E-state index >= 15 is 0 Å². The molecule has 2 aromatic carbocycles. The highest BCUT2D eigenvalue weighted by molar-refractivity contribution is 8.04. The molecule has 1 aliphatic heterocycles. The third-order valence-electron chi connectivity index (χ3n) is 4.41. The van der Waals surface area contributed by atoms with Gasteiger partial charge in [0.15, 0.2) is 11.5 Å². The lowest BCUT2D eigenvalue weighted by Crippen LogP contribution is -2.24. The Morgan fingerprint density at radius 3 is 2.50 bits per heavy atom. The van der Waals surface area contributed by atoms with Crippen LogP contribution in [0.5, 0.6) is 11.5 Å². The molecule has 34 heavy (non-hydrogen) atoms. The number of nitrogens with one attached hydrogen (secondary N) is 1. The summed E-state index contributed by atoms with van der Waals surface area (Å²) in [5, 5.41) is 11.5. The third-order valence-corrected chi connectivity index (χ3v) is 5.60. The second kappa shape index (κ2) is 16.4. The second-order valence-electron chi connectivity index (χ2n) is 7.25. The van der Waals surface area contributed by atoms with Crippen LogP contribution in [-0.4, -0.2) is 43.1 Å².